The van der Waals surface area contributed by atoms with Gasteiger partial charge in [-0.05, 0) is 42.8 Å². The molecule has 4 nitrogen and oxygen atoms in total. The van der Waals surface area contributed by atoms with Gasteiger partial charge in [-0.25, -0.2) is 0 Å². The average Bonchev–Trinajstić information content (AvgIpc) is 2.72. The molecule has 4 heteroatoms. The number of benzene rings is 3. The quantitative estimate of drug-likeness (QED) is 0.597. The van der Waals surface area contributed by atoms with Gasteiger partial charge in [0, 0.05) is 17.8 Å². The highest BCUT2D eigenvalue weighted by atomic mass is 16.5. The molecule has 0 aromatic heterocycles. The Balaban J connectivity index is 1.72. The smallest absolute Gasteiger partial charge is 0.166 e. The molecule has 1 N–H and O–H groups in total. The van der Waals surface area contributed by atoms with E-state index in [1.807, 2.05) is 42.5 Å². The monoisotopic (exact) mass is 363 g/mol. The Kier molecular flexibility index (Phi) is 6.21. The van der Waals surface area contributed by atoms with Crippen LogP contribution < -0.4 is 19.5 Å². The number of rotatable bonds is 8. The van der Waals surface area contributed by atoms with Gasteiger partial charge in [0.1, 0.15) is 12.4 Å². The predicted molar refractivity (Wildman–Crippen MR) is 109 cm³/mol. The van der Waals surface area contributed by atoms with E-state index in [1.165, 1.54) is 5.56 Å². The molecule has 3 aromatic carbocycles. The SMILES string of the molecule is COc1ccc(NCc2cccc(OC)c2OCc2ccc(C)cc2)cc1. The summed E-state index contributed by atoms with van der Waals surface area (Å²) < 4.78 is 16.8. The lowest BCUT2D eigenvalue weighted by atomic mass is 10.1. The summed E-state index contributed by atoms with van der Waals surface area (Å²) >= 11 is 0. The molecule has 0 aliphatic heterocycles. The van der Waals surface area contributed by atoms with Gasteiger partial charge in [0.25, 0.3) is 0 Å². The molecule has 0 aliphatic carbocycles. The Morgan fingerprint density at radius 3 is 2.22 bits per heavy atom. The van der Waals surface area contributed by atoms with E-state index < -0.39 is 0 Å². The highest BCUT2D eigenvalue weighted by Crippen LogP contribution is 2.32. The number of nitrogens with one attached hydrogen (secondary N) is 1. The maximum Gasteiger partial charge on any atom is 0.166 e. The van der Waals surface area contributed by atoms with Gasteiger partial charge in [-0.2, -0.15) is 0 Å². The van der Waals surface area contributed by atoms with Crippen molar-refractivity contribution >= 4 is 5.69 Å². The minimum Gasteiger partial charge on any atom is -0.497 e. The highest BCUT2D eigenvalue weighted by Gasteiger charge is 2.11. The zero-order valence-corrected chi connectivity index (χ0v) is 16.0. The second-order valence-corrected chi connectivity index (χ2v) is 6.30. The van der Waals surface area contributed by atoms with Crippen molar-refractivity contribution in [3.8, 4) is 17.2 Å². The van der Waals surface area contributed by atoms with Crippen LogP contribution in [0.5, 0.6) is 17.2 Å². The van der Waals surface area contributed by atoms with E-state index in [2.05, 4.69) is 36.5 Å². The maximum absolute atomic E-state index is 6.13. The molecule has 0 spiro atoms. The molecular formula is C23H25NO3. The van der Waals surface area contributed by atoms with E-state index >= 15 is 0 Å². The third-order valence-corrected chi connectivity index (χ3v) is 4.36. The Hall–Kier alpha value is -3.14. The first-order valence-corrected chi connectivity index (χ1v) is 8.91. The molecular weight excluding hydrogens is 338 g/mol. The fraction of sp³-hybridized carbons (Fsp3) is 0.217. The van der Waals surface area contributed by atoms with Gasteiger partial charge in [0.2, 0.25) is 0 Å². The number of hydrogen-bond acceptors (Lipinski definition) is 4. The normalized spacial score (nSPS) is 10.3. The van der Waals surface area contributed by atoms with Crippen molar-refractivity contribution in [3.63, 3.8) is 0 Å². The summed E-state index contributed by atoms with van der Waals surface area (Å²) in [6, 6.07) is 22.1. The molecule has 0 fully saturated rings. The zero-order chi connectivity index (χ0) is 19.1. The summed E-state index contributed by atoms with van der Waals surface area (Å²) in [4.78, 5) is 0. The second kappa shape index (κ2) is 8.99. The molecule has 0 amide bonds. The van der Waals surface area contributed by atoms with Gasteiger partial charge in [0.05, 0.1) is 14.2 Å². The second-order valence-electron chi connectivity index (χ2n) is 6.30. The summed E-state index contributed by atoms with van der Waals surface area (Å²) in [5.74, 6) is 2.33. The minimum atomic E-state index is 0.496. The molecule has 140 valence electrons. The standard InChI is InChI=1S/C23H25NO3/c1-17-7-9-18(10-8-17)16-27-23-19(5-4-6-22(23)26-3)15-24-20-11-13-21(25-2)14-12-20/h4-14,24H,15-16H2,1-3H3. The number of aryl methyl sites for hydroxylation is 1. The van der Waals surface area contributed by atoms with Crippen molar-refractivity contribution < 1.29 is 14.2 Å². The Labute approximate surface area is 160 Å². The molecule has 0 atom stereocenters. The number of hydrogen-bond donors (Lipinski definition) is 1. The Morgan fingerprint density at radius 1 is 0.815 bits per heavy atom. The summed E-state index contributed by atoms with van der Waals surface area (Å²) in [5.41, 5.74) is 4.42. The number of para-hydroxylation sites is 1. The van der Waals surface area contributed by atoms with Crippen molar-refractivity contribution in [2.75, 3.05) is 19.5 Å². The predicted octanol–water partition coefficient (Wildman–Crippen LogP) is 5.20. The molecule has 0 bridgehead atoms. The van der Waals surface area contributed by atoms with Crippen molar-refractivity contribution in [3.05, 3.63) is 83.4 Å². The minimum absolute atomic E-state index is 0.496. The van der Waals surface area contributed by atoms with Crippen LogP contribution in [0, 0.1) is 6.92 Å². The van der Waals surface area contributed by atoms with Gasteiger partial charge < -0.3 is 19.5 Å². The van der Waals surface area contributed by atoms with Crippen molar-refractivity contribution in [2.45, 2.75) is 20.1 Å². The number of ether oxygens (including phenoxy) is 3. The van der Waals surface area contributed by atoms with Crippen LogP contribution in [0.3, 0.4) is 0 Å². The number of anilines is 1. The van der Waals surface area contributed by atoms with E-state index in [4.69, 9.17) is 14.2 Å². The Morgan fingerprint density at radius 2 is 1.56 bits per heavy atom. The van der Waals surface area contributed by atoms with Crippen molar-refractivity contribution in [2.24, 2.45) is 0 Å². The lowest BCUT2D eigenvalue weighted by molar-refractivity contribution is 0.281. The van der Waals surface area contributed by atoms with Crippen molar-refractivity contribution in [1.29, 1.82) is 0 Å². The van der Waals surface area contributed by atoms with E-state index in [0.717, 1.165) is 34.1 Å². The maximum atomic E-state index is 6.13. The summed E-state index contributed by atoms with van der Waals surface area (Å²) in [6.45, 7) is 3.21. The first-order chi connectivity index (χ1) is 13.2. The zero-order valence-electron chi connectivity index (χ0n) is 16.0. The van der Waals surface area contributed by atoms with Crippen LogP contribution in [0.25, 0.3) is 0 Å². The lowest BCUT2D eigenvalue weighted by Gasteiger charge is -2.16. The van der Waals surface area contributed by atoms with E-state index in [9.17, 15) is 0 Å². The molecule has 0 unspecified atom stereocenters. The van der Waals surface area contributed by atoms with Crippen LogP contribution in [0.2, 0.25) is 0 Å². The molecule has 27 heavy (non-hydrogen) atoms. The van der Waals surface area contributed by atoms with E-state index in [-0.39, 0.29) is 0 Å². The van der Waals surface area contributed by atoms with Gasteiger partial charge in [-0.15, -0.1) is 0 Å². The summed E-state index contributed by atoms with van der Waals surface area (Å²) in [5, 5.41) is 3.42. The number of methoxy groups -OCH3 is 2. The molecule has 0 saturated carbocycles. The fourth-order valence-electron chi connectivity index (χ4n) is 2.77. The van der Waals surface area contributed by atoms with Crippen LogP contribution in [-0.4, -0.2) is 14.2 Å². The van der Waals surface area contributed by atoms with Crippen LogP contribution in [-0.2, 0) is 13.2 Å². The van der Waals surface area contributed by atoms with Crippen LogP contribution in [0.4, 0.5) is 5.69 Å². The molecule has 0 aliphatic rings. The molecule has 3 aromatic rings. The lowest BCUT2D eigenvalue weighted by Crippen LogP contribution is -2.05. The van der Waals surface area contributed by atoms with Crippen LogP contribution in [0.15, 0.2) is 66.7 Å². The van der Waals surface area contributed by atoms with Gasteiger partial charge in [0.15, 0.2) is 11.5 Å². The average molecular weight is 363 g/mol. The van der Waals surface area contributed by atoms with Gasteiger partial charge in [-0.3, -0.25) is 0 Å². The van der Waals surface area contributed by atoms with E-state index in [1.54, 1.807) is 14.2 Å². The first-order valence-electron chi connectivity index (χ1n) is 8.91. The first kappa shape index (κ1) is 18.6. The fourth-order valence-corrected chi connectivity index (χ4v) is 2.77. The third kappa shape index (κ3) is 4.94. The topological polar surface area (TPSA) is 39.7 Å². The molecule has 3 rings (SSSR count). The molecule has 0 heterocycles. The van der Waals surface area contributed by atoms with Crippen LogP contribution in [0.1, 0.15) is 16.7 Å². The summed E-state index contributed by atoms with van der Waals surface area (Å²) in [7, 11) is 3.32. The molecule has 0 saturated heterocycles. The third-order valence-electron chi connectivity index (χ3n) is 4.36. The van der Waals surface area contributed by atoms with Gasteiger partial charge >= 0.3 is 0 Å². The highest BCUT2D eigenvalue weighted by molar-refractivity contribution is 5.51. The largest absolute Gasteiger partial charge is 0.497 e. The van der Waals surface area contributed by atoms with Crippen LogP contribution >= 0.6 is 0 Å². The summed E-state index contributed by atoms with van der Waals surface area (Å²) in [6.07, 6.45) is 0. The molecule has 0 radical (unpaired) electrons. The van der Waals surface area contributed by atoms with Gasteiger partial charge in [-0.1, -0.05) is 42.0 Å². The Bertz CT molecular complexity index is 858. The van der Waals surface area contributed by atoms with Crippen molar-refractivity contribution in [1.82, 2.24) is 0 Å². The van der Waals surface area contributed by atoms with E-state index in [0.29, 0.717) is 13.2 Å².